The lowest BCUT2D eigenvalue weighted by Gasteiger charge is -2.33. The highest BCUT2D eigenvalue weighted by atomic mass is 16.5. The van der Waals surface area contributed by atoms with E-state index in [4.69, 9.17) is 4.74 Å². The van der Waals surface area contributed by atoms with Crippen LogP contribution >= 0.6 is 0 Å². The molecule has 2 aromatic rings. The number of nitrogens with one attached hydrogen (secondary N) is 1. The number of hydrogen-bond donors (Lipinski definition) is 1. The molecule has 21 heavy (non-hydrogen) atoms. The molecule has 1 aliphatic heterocycles. The molecule has 1 aromatic heterocycles. The Morgan fingerprint density at radius 1 is 1.29 bits per heavy atom. The normalized spacial score (nSPS) is 18.7. The van der Waals surface area contributed by atoms with Crippen molar-refractivity contribution in [2.24, 2.45) is 0 Å². The minimum Gasteiger partial charge on any atom is -0.467 e. The molecule has 1 amide bonds. The van der Waals surface area contributed by atoms with Crippen LogP contribution in [-0.2, 0) is 9.53 Å². The summed E-state index contributed by atoms with van der Waals surface area (Å²) in [5, 5.41) is 10.5. The second kappa shape index (κ2) is 5.51. The van der Waals surface area contributed by atoms with E-state index in [2.05, 4.69) is 15.4 Å². The van der Waals surface area contributed by atoms with Crippen LogP contribution in [0.25, 0.3) is 11.0 Å². The van der Waals surface area contributed by atoms with Gasteiger partial charge in [-0.2, -0.15) is 15.4 Å². The molecule has 1 saturated heterocycles. The van der Waals surface area contributed by atoms with E-state index >= 15 is 0 Å². The maximum absolute atomic E-state index is 12.7. The molecule has 1 N–H and O–H groups in total. The third kappa shape index (κ3) is 2.46. The van der Waals surface area contributed by atoms with Crippen molar-refractivity contribution in [2.45, 2.75) is 25.3 Å². The lowest BCUT2D eigenvalue weighted by atomic mass is 10.0. The summed E-state index contributed by atoms with van der Waals surface area (Å²) in [7, 11) is 1.35. The Balaban J connectivity index is 1.89. The van der Waals surface area contributed by atoms with Gasteiger partial charge in [0.25, 0.3) is 5.91 Å². The molecule has 7 nitrogen and oxygen atoms in total. The number of carbonyl (C=O) groups excluding carboxylic acids is 2. The number of nitrogens with zero attached hydrogens (tertiary/aromatic N) is 3. The highest BCUT2D eigenvalue weighted by molar-refractivity contribution is 5.99. The molecule has 1 atom stereocenters. The number of likely N-dealkylation sites (tertiary alicyclic amines) is 1. The number of rotatable bonds is 2. The molecule has 1 unspecified atom stereocenters. The third-order valence-electron chi connectivity index (χ3n) is 3.80. The van der Waals surface area contributed by atoms with Gasteiger partial charge in [-0.15, -0.1) is 0 Å². The second-order valence-electron chi connectivity index (χ2n) is 5.06. The van der Waals surface area contributed by atoms with Gasteiger partial charge in [-0.05, 0) is 37.5 Å². The van der Waals surface area contributed by atoms with Crippen LogP contribution in [-0.4, -0.2) is 51.9 Å². The number of H-pyrrole nitrogens is 1. The van der Waals surface area contributed by atoms with Gasteiger partial charge in [-0.25, -0.2) is 4.79 Å². The first-order valence-corrected chi connectivity index (χ1v) is 6.90. The van der Waals surface area contributed by atoms with E-state index in [0.29, 0.717) is 29.6 Å². The molecule has 0 bridgehead atoms. The van der Waals surface area contributed by atoms with Crippen molar-refractivity contribution in [2.75, 3.05) is 13.7 Å². The average Bonchev–Trinajstić information content (AvgIpc) is 3.01. The Kier molecular flexibility index (Phi) is 3.55. The van der Waals surface area contributed by atoms with Crippen molar-refractivity contribution in [3.05, 3.63) is 23.8 Å². The largest absolute Gasteiger partial charge is 0.467 e. The van der Waals surface area contributed by atoms with Gasteiger partial charge in [-0.3, -0.25) is 4.79 Å². The Morgan fingerprint density at radius 2 is 2.10 bits per heavy atom. The predicted molar refractivity (Wildman–Crippen MR) is 74.6 cm³/mol. The minimum atomic E-state index is -0.496. The van der Waals surface area contributed by atoms with Gasteiger partial charge in [0.1, 0.15) is 17.1 Å². The Hall–Kier alpha value is -2.44. The van der Waals surface area contributed by atoms with E-state index in [9.17, 15) is 9.59 Å². The molecule has 1 aliphatic rings. The zero-order chi connectivity index (χ0) is 14.8. The first-order valence-electron chi connectivity index (χ1n) is 6.90. The Labute approximate surface area is 121 Å². The first-order chi connectivity index (χ1) is 10.2. The lowest BCUT2D eigenvalue weighted by molar-refractivity contribution is -0.147. The lowest BCUT2D eigenvalue weighted by Crippen LogP contribution is -2.48. The second-order valence-corrected chi connectivity index (χ2v) is 5.06. The van der Waals surface area contributed by atoms with Crippen LogP contribution in [0.3, 0.4) is 0 Å². The van der Waals surface area contributed by atoms with Crippen LogP contribution in [0, 0.1) is 0 Å². The molecule has 0 spiro atoms. The van der Waals surface area contributed by atoms with Crippen molar-refractivity contribution in [3.8, 4) is 0 Å². The zero-order valence-electron chi connectivity index (χ0n) is 11.7. The van der Waals surface area contributed by atoms with E-state index in [1.165, 1.54) is 7.11 Å². The number of carbonyl (C=O) groups is 2. The van der Waals surface area contributed by atoms with Crippen molar-refractivity contribution in [3.63, 3.8) is 0 Å². The summed E-state index contributed by atoms with van der Waals surface area (Å²) >= 11 is 0. The van der Waals surface area contributed by atoms with E-state index in [1.807, 2.05) is 0 Å². The average molecular weight is 288 g/mol. The molecule has 3 rings (SSSR count). The first kappa shape index (κ1) is 13.5. The number of amides is 1. The summed E-state index contributed by atoms with van der Waals surface area (Å²) in [6, 6.07) is 4.63. The molecule has 1 fully saturated rings. The number of fused-ring (bicyclic) bond motifs is 1. The molecule has 1 aromatic carbocycles. The summed E-state index contributed by atoms with van der Waals surface area (Å²) in [5.74, 6) is -0.527. The molecule has 110 valence electrons. The summed E-state index contributed by atoms with van der Waals surface area (Å²) in [6.45, 7) is 0.565. The van der Waals surface area contributed by atoms with Crippen LogP contribution in [0.4, 0.5) is 0 Å². The Morgan fingerprint density at radius 3 is 2.90 bits per heavy atom. The quantitative estimate of drug-likeness (QED) is 0.837. The molecular weight excluding hydrogens is 272 g/mol. The van der Waals surface area contributed by atoms with Crippen LogP contribution in [0.15, 0.2) is 18.2 Å². The van der Waals surface area contributed by atoms with Gasteiger partial charge in [0.05, 0.1) is 7.11 Å². The van der Waals surface area contributed by atoms with Gasteiger partial charge in [0, 0.05) is 12.1 Å². The van der Waals surface area contributed by atoms with E-state index in [-0.39, 0.29) is 11.9 Å². The predicted octanol–water partition coefficient (Wildman–Crippen LogP) is 1.13. The van der Waals surface area contributed by atoms with Crippen molar-refractivity contribution < 1.29 is 14.3 Å². The summed E-state index contributed by atoms with van der Waals surface area (Å²) < 4.78 is 4.80. The number of piperidine rings is 1. The summed E-state index contributed by atoms with van der Waals surface area (Å²) in [6.07, 6.45) is 2.46. The number of aromatic nitrogens is 3. The third-order valence-corrected chi connectivity index (χ3v) is 3.80. The van der Waals surface area contributed by atoms with Crippen LogP contribution in [0.1, 0.15) is 29.6 Å². The highest BCUT2D eigenvalue weighted by Gasteiger charge is 2.33. The molecule has 0 aliphatic carbocycles. The van der Waals surface area contributed by atoms with Crippen molar-refractivity contribution >= 4 is 22.9 Å². The number of methoxy groups -OCH3 is 1. The SMILES string of the molecule is COC(=O)C1CCCCN1C(=O)c1ccc2n[nH]nc2c1. The van der Waals surface area contributed by atoms with Crippen LogP contribution in [0.2, 0.25) is 0 Å². The molecule has 0 radical (unpaired) electrons. The van der Waals surface area contributed by atoms with Crippen molar-refractivity contribution in [1.82, 2.24) is 20.3 Å². The van der Waals surface area contributed by atoms with Gasteiger partial charge in [0.2, 0.25) is 0 Å². The minimum absolute atomic E-state index is 0.171. The topological polar surface area (TPSA) is 88.2 Å². The molecule has 2 heterocycles. The number of ether oxygens (including phenoxy) is 1. The van der Waals surface area contributed by atoms with Gasteiger partial charge in [0.15, 0.2) is 0 Å². The smallest absolute Gasteiger partial charge is 0.328 e. The van der Waals surface area contributed by atoms with E-state index < -0.39 is 6.04 Å². The highest BCUT2D eigenvalue weighted by Crippen LogP contribution is 2.21. The Bertz CT molecular complexity index is 682. The number of aromatic amines is 1. The van der Waals surface area contributed by atoms with Crippen molar-refractivity contribution in [1.29, 1.82) is 0 Å². The summed E-state index contributed by atoms with van der Waals surface area (Å²) in [5.41, 5.74) is 1.84. The fourth-order valence-electron chi connectivity index (χ4n) is 2.69. The zero-order valence-corrected chi connectivity index (χ0v) is 11.7. The van der Waals surface area contributed by atoms with Crippen LogP contribution in [0.5, 0.6) is 0 Å². The van der Waals surface area contributed by atoms with E-state index in [0.717, 1.165) is 12.8 Å². The van der Waals surface area contributed by atoms with Gasteiger partial charge < -0.3 is 9.64 Å². The number of esters is 1. The standard InChI is InChI=1S/C14H16N4O3/c1-21-14(20)12-4-2-3-7-18(12)13(19)9-5-6-10-11(8-9)16-17-15-10/h5-6,8,12H,2-4,7H2,1H3,(H,15,16,17). The van der Waals surface area contributed by atoms with Crippen LogP contribution < -0.4 is 0 Å². The molecule has 7 heteroatoms. The number of benzene rings is 1. The van der Waals surface area contributed by atoms with E-state index in [1.54, 1.807) is 23.1 Å². The maximum atomic E-state index is 12.7. The fraction of sp³-hybridized carbons (Fsp3) is 0.429. The summed E-state index contributed by atoms with van der Waals surface area (Å²) in [4.78, 5) is 26.1. The fourth-order valence-corrected chi connectivity index (χ4v) is 2.69. The molecular formula is C14H16N4O3. The molecule has 0 saturated carbocycles. The number of hydrogen-bond acceptors (Lipinski definition) is 5. The maximum Gasteiger partial charge on any atom is 0.328 e. The monoisotopic (exact) mass is 288 g/mol. The van der Waals surface area contributed by atoms with Gasteiger partial charge >= 0.3 is 5.97 Å². The van der Waals surface area contributed by atoms with Gasteiger partial charge in [-0.1, -0.05) is 0 Å².